The lowest BCUT2D eigenvalue weighted by molar-refractivity contribution is -0.121. The molecule has 2 aromatic rings. The van der Waals surface area contributed by atoms with Crippen molar-refractivity contribution in [2.45, 2.75) is 18.4 Å². The van der Waals surface area contributed by atoms with Crippen molar-refractivity contribution < 1.29 is 4.79 Å². The number of hydrogen-bond acceptors (Lipinski definition) is 5. The molecule has 0 saturated carbocycles. The molecular formula is C17H16ClN5O. The molecule has 2 aliphatic heterocycles. The third-order valence-corrected chi connectivity index (χ3v) is 4.54. The minimum atomic E-state index is -0.365. The van der Waals surface area contributed by atoms with Crippen LogP contribution >= 0.6 is 11.6 Å². The Bertz CT molecular complexity index is 808. The average molecular weight is 342 g/mol. The molecule has 0 bridgehead atoms. The molecule has 4 rings (SSSR count). The summed E-state index contributed by atoms with van der Waals surface area (Å²) in [4.78, 5) is 16.4. The number of rotatable bonds is 2. The van der Waals surface area contributed by atoms with Crippen molar-refractivity contribution in [3.8, 4) is 0 Å². The maximum Gasteiger partial charge on any atom is 0.243 e. The molecule has 0 aliphatic carbocycles. The molecule has 24 heavy (non-hydrogen) atoms. The number of amides is 1. The van der Waals surface area contributed by atoms with Crippen molar-refractivity contribution in [2.75, 3.05) is 17.3 Å². The Morgan fingerprint density at radius 1 is 1.33 bits per heavy atom. The summed E-state index contributed by atoms with van der Waals surface area (Å²) < 4.78 is 0. The van der Waals surface area contributed by atoms with Crippen LogP contribution in [0.3, 0.4) is 0 Å². The number of carbonyl (C=O) groups excluding carboxylic acids is 1. The summed E-state index contributed by atoms with van der Waals surface area (Å²) in [6, 6.07) is 9.01. The lowest BCUT2D eigenvalue weighted by atomic mass is 9.89. The van der Waals surface area contributed by atoms with E-state index in [1.54, 1.807) is 12.4 Å². The summed E-state index contributed by atoms with van der Waals surface area (Å²) in [7, 11) is 0. The third-order valence-electron chi connectivity index (χ3n) is 4.30. The van der Waals surface area contributed by atoms with Gasteiger partial charge in [-0.3, -0.25) is 15.2 Å². The van der Waals surface area contributed by atoms with Gasteiger partial charge in [-0.05, 0) is 35.9 Å². The Morgan fingerprint density at radius 2 is 2.25 bits per heavy atom. The number of carbonyl (C=O) groups is 1. The minimum absolute atomic E-state index is 0.0149. The summed E-state index contributed by atoms with van der Waals surface area (Å²) in [5.41, 5.74) is 6.70. The number of pyridine rings is 1. The van der Waals surface area contributed by atoms with Crippen LogP contribution in [0.2, 0.25) is 5.02 Å². The molecule has 1 aromatic carbocycles. The Balaban J connectivity index is 1.71. The van der Waals surface area contributed by atoms with Crippen molar-refractivity contribution in [3.05, 3.63) is 53.3 Å². The fourth-order valence-electron chi connectivity index (χ4n) is 3.21. The van der Waals surface area contributed by atoms with Crippen molar-refractivity contribution in [3.63, 3.8) is 0 Å². The molecule has 1 amide bonds. The zero-order valence-corrected chi connectivity index (χ0v) is 13.5. The average Bonchev–Trinajstić information content (AvgIpc) is 2.89. The predicted molar refractivity (Wildman–Crippen MR) is 94.5 cm³/mol. The Labute approximate surface area is 144 Å². The smallest absolute Gasteiger partial charge is 0.243 e. The molecule has 3 heterocycles. The van der Waals surface area contributed by atoms with Gasteiger partial charge in [-0.2, -0.15) is 5.10 Å². The van der Waals surface area contributed by atoms with E-state index in [-0.39, 0.29) is 17.9 Å². The highest BCUT2D eigenvalue weighted by Crippen LogP contribution is 2.40. The molecule has 2 unspecified atom stereocenters. The van der Waals surface area contributed by atoms with E-state index in [0.717, 1.165) is 22.6 Å². The van der Waals surface area contributed by atoms with Gasteiger partial charge in [0.2, 0.25) is 5.91 Å². The van der Waals surface area contributed by atoms with E-state index in [2.05, 4.69) is 26.1 Å². The van der Waals surface area contributed by atoms with Crippen molar-refractivity contribution >= 4 is 34.6 Å². The maximum absolute atomic E-state index is 12.4. The van der Waals surface area contributed by atoms with Gasteiger partial charge in [-0.1, -0.05) is 11.6 Å². The first kappa shape index (κ1) is 15.0. The number of hydrazone groups is 1. The molecule has 7 heteroatoms. The van der Waals surface area contributed by atoms with Gasteiger partial charge in [-0.15, -0.1) is 0 Å². The summed E-state index contributed by atoms with van der Waals surface area (Å²) in [6.45, 7) is 0.566. The quantitative estimate of drug-likeness (QED) is 0.734. The molecule has 0 radical (unpaired) electrons. The van der Waals surface area contributed by atoms with Gasteiger partial charge < -0.3 is 10.6 Å². The van der Waals surface area contributed by atoms with Crippen LogP contribution in [0.4, 0.5) is 11.4 Å². The van der Waals surface area contributed by atoms with E-state index in [1.165, 1.54) is 0 Å². The highest BCUT2D eigenvalue weighted by Gasteiger charge is 2.41. The topological polar surface area (TPSA) is 78.4 Å². The molecular weight excluding hydrogens is 326 g/mol. The number of nitrogens with one attached hydrogen (secondary N) is 3. The van der Waals surface area contributed by atoms with E-state index in [1.807, 2.05) is 30.3 Å². The first-order valence-electron chi connectivity index (χ1n) is 7.78. The zero-order valence-electron chi connectivity index (χ0n) is 12.8. The van der Waals surface area contributed by atoms with Gasteiger partial charge in [-0.25, -0.2) is 0 Å². The predicted octanol–water partition coefficient (Wildman–Crippen LogP) is 2.60. The molecule has 122 valence electrons. The van der Waals surface area contributed by atoms with E-state index >= 15 is 0 Å². The Hall–Kier alpha value is -2.60. The monoisotopic (exact) mass is 341 g/mol. The second-order valence-corrected chi connectivity index (χ2v) is 6.27. The van der Waals surface area contributed by atoms with E-state index in [4.69, 9.17) is 11.6 Å². The van der Waals surface area contributed by atoms with Gasteiger partial charge in [0.05, 0.1) is 23.5 Å². The molecule has 2 atom stereocenters. The number of nitrogens with zero attached hydrogens (tertiary/aromatic N) is 2. The molecule has 3 N–H and O–H groups in total. The van der Waals surface area contributed by atoms with Crippen LogP contribution in [0.1, 0.15) is 17.9 Å². The maximum atomic E-state index is 12.4. The second kappa shape index (κ2) is 6.13. The largest absolute Gasteiger partial charge is 0.373 e. The van der Waals surface area contributed by atoms with E-state index in [9.17, 15) is 4.79 Å². The summed E-state index contributed by atoms with van der Waals surface area (Å²) in [5, 5.41) is 11.5. The first-order valence-corrected chi connectivity index (χ1v) is 8.16. The molecule has 1 fully saturated rings. The Kier molecular flexibility index (Phi) is 3.82. The lowest BCUT2D eigenvalue weighted by Crippen LogP contribution is -2.39. The molecule has 1 saturated heterocycles. The number of hydrogen-bond donors (Lipinski definition) is 3. The van der Waals surface area contributed by atoms with Crippen molar-refractivity contribution in [1.29, 1.82) is 0 Å². The number of aromatic nitrogens is 1. The van der Waals surface area contributed by atoms with Crippen LogP contribution in [0.25, 0.3) is 0 Å². The minimum Gasteiger partial charge on any atom is -0.373 e. The molecule has 0 spiro atoms. The highest BCUT2D eigenvalue weighted by atomic mass is 35.5. The number of benzene rings is 1. The third kappa shape index (κ3) is 2.69. The number of halogens is 1. The normalized spacial score (nSPS) is 23.7. The van der Waals surface area contributed by atoms with Crippen LogP contribution in [0.5, 0.6) is 0 Å². The van der Waals surface area contributed by atoms with Gasteiger partial charge in [0.25, 0.3) is 0 Å². The standard InChI is InChI=1S/C17H16ClN5O/c18-10-3-4-13-12(8-10)15-14(5-7-20-17(24)16(15)21-13)23-22-11-2-1-6-19-9-11/h1-4,6,8-9,15-16,21-22H,5,7H2,(H,20,24)/b23-14+. The van der Waals surface area contributed by atoms with Gasteiger partial charge >= 0.3 is 0 Å². The van der Waals surface area contributed by atoms with E-state index in [0.29, 0.717) is 18.0 Å². The summed E-state index contributed by atoms with van der Waals surface area (Å²) >= 11 is 6.16. The molecule has 2 aliphatic rings. The molecule has 6 nitrogen and oxygen atoms in total. The van der Waals surface area contributed by atoms with Crippen LogP contribution in [0.15, 0.2) is 47.8 Å². The lowest BCUT2D eigenvalue weighted by Gasteiger charge is -2.17. The second-order valence-electron chi connectivity index (χ2n) is 5.83. The van der Waals surface area contributed by atoms with Gasteiger partial charge in [0, 0.05) is 29.9 Å². The zero-order chi connectivity index (χ0) is 16.5. The van der Waals surface area contributed by atoms with Crippen molar-refractivity contribution in [2.24, 2.45) is 5.10 Å². The summed E-state index contributed by atoms with van der Waals surface area (Å²) in [6.07, 6.45) is 4.09. The summed E-state index contributed by atoms with van der Waals surface area (Å²) in [5.74, 6) is -0.149. The number of fused-ring (bicyclic) bond motifs is 3. The van der Waals surface area contributed by atoms with Crippen LogP contribution in [-0.2, 0) is 4.79 Å². The van der Waals surface area contributed by atoms with Crippen LogP contribution in [0, 0.1) is 0 Å². The SMILES string of the molecule is O=C1NCC/C(=N\Nc2cccnc2)C2c3cc(Cl)ccc3NC12. The highest BCUT2D eigenvalue weighted by molar-refractivity contribution is 6.30. The van der Waals surface area contributed by atoms with Gasteiger partial charge in [0.15, 0.2) is 0 Å². The van der Waals surface area contributed by atoms with E-state index < -0.39 is 0 Å². The first-order chi connectivity index (χ1) is 11.7. The fourth-order valence-corrected chi connectivity index (χ4v) is 3.39. The Morgan fingerprint density at radius 3 is 3.08 bits per heavy atom. The number of anilines is 2. The molecule has 1 aromatic heterocycles. The van der Waals surface area contributed by atoms with Gasteiger partial charge in [0.1, 0.15) is 6.04 Å². The fraction of sp³-hybridized carbons (Fsp3) is 0.235. The van der Waals surface area contributed by atoms with Crippen LogP contribution in [-0.4, -0.2) is 29.2 Å². The van der Waals surface area contributed by atoms with Crippen molar-refractivity contribution in [1.82, 2.24) is 10.3 Å². The van der Waals surface area contributed by atoms with Crippen LogP contribution < -0.4 is 16.1 Å².